The van der Waals surface area contributed by atoms with Crippen LogP contribution in [0.5, 0.6) is 0 Å². The Bertz CT molecular complexity index is 1460. The van der Waals surface area contributed by atoms with E-state index >= 15 is 0 Å². The number of aromatic nitrogens is 4. The lowest BCUT2D eigenvalue weighted by Crippen LogP contribution is -2.42. The largest absolute Gasteiger partial charge is 0.341 e. The van der Waals surface area contributed by atoms with E-state index < -0.39 is 0 Å². The number of hydrogen-bond acceptors (Lipinski definition) is 5. The van der Waals surface area contributed by atoms with Crippen LogP contribution in [0.1, 0.15) is 53.7 Å². The van der Waals surface area contributed by atoms with Crippen LogP contribution in [0, 0.1) is 0 Å². The van der Waals surface area contributed by atoms with E-state index in [0.29, 0.717) is 0 Å². The third-order valence-corrected chi connectivity index (χ3v) is 7.57. The van der Waals surface area contributed by atoms with Crippen LogP contribution in [0.4, 0.5) is 0 Å². The maximum atomic E-state index is 4.81. The van der Waals surface area contributed by atoms with Crippen LogP contribution in [0.25, 0.3) is 11.0 Å². The maximum absolute atomic E-state index is 4.81. The summed E-state index contributed by atoms with van der Waals surface area (Å²) < 4.78 is 0. The number of aromatic amines is 1. The Labute approximate surface area is 224 Å². The Hall–Kier alpha value is -3.87. The van der Waals surface area contributed by atoms with Crippen molar-refractivity contribution in [2.45, 2.75) is 57.9 Å². The van der Waals surface area contributed by atoms with Gasteiger partial charge in [-0.05, 0) is 73.2 Å². The first-order chi connectivity index (χ1) is 18.6. The molecule has 0 saturated heterocycles. The molecule has 0 amide bonds. The zero-order valence-electron chi connectivity index (χ0n) is 21.9. The third-order valence-electron chi connectivity index (χ3n) is 7.57. The first kappa shape index (κ1) is 24.5. The van der Waals surface area contributed by atoms with E-state index in [1.54, 1.807) is 0 Å². The summed E-state index contributed by atoms with van der Waals surface area (Å²) >= 11 is 0. The molecule has 3 heterocycles. The molecule has 0 radical (unpaired) electrons. The van der Waals surface area contributed by atoms with Crippen LogP contribution in [-0.4, -0.2) is 24.8 Å². The molecule has 38 heavy (non-hydrogen) atoms. The van der Waals surface area contributed by atoms with Crippen LogP contribution >= 0.6 is 0 Å². The minimum Gasteiger partial charge on any atom is -0.341 e. The molecule has 0 bridgehead atoms. The van der Waals surface area contributed by atoms with Crippen molar-refractivity contribution in [2.75, 3.05) is 0 Å². The Balaban J connectivity index is 1.14. The number of aryl methyl sites for hydroxylation is 1. The summed E-state index contributed by atoms with van der Waals surface area (Å²) in [5.74, 6) is 0.970. The summed E-state index contributed by atoms with van der Waals surface area (Å²) in [7, 11) is 0. The van der Waals surface area contributed by atoms with E-state index in [9.17, 15) is 0 Å². The molecule has 0 saturated carbocycles. The van der Waals surface area contributed by atoms with Crippen LogP contribution in [0.2, 0.25) is 0 Å². The molecule has 0 aliphatic heterocycles. The summed E-state index contributed by atoms with van der Waals surface area (Å²) in [5.41, 5.74) is 8.19. The number of hydrogen-bond donors (Lipinski definition) is 2. The molecule has 1 atom stereocenters. The van der Waals surface area contributed by atoms with E-state index in [-0.39, 0.29) is 5.54 Å². The quantitative estimate of drug-likeness (QED) is 0.263. The molecule has 6 rings (SSSR count). The van der Waals surface area contributed by atoms with Crippen LogP contribution < -0.4 is 5.32 Å². The molecule has 1 aliphatic rings. The summed E-state index contributed by atoms with van der Waals surface area (Å²) in [6.45, 7) is 5.41. The van der Waals surface area contributed by atoms with E-state index in [1.807, 2.05) is 42.7 Å². The van der Waals surface area contributed by atoms with Crippen molar-refractivity contribution in [3.63, 3.8) is 0 Å². The van der Waals surface area contributed by atoms with Gasteiger partial charge < -0.3 is 10.3 Å². The fraction of sp³-hybridized carbons (Fsp3) is 0.281. The maximum Gasteiger partial charge on any atom is 0.121 e. The Morgan fingerprint density at radius 3 is 2.50 bits per heavy atom. The number of H-pyrrole nitrogens is 1. The molecule has 5 aromatic rings. The lowest BCUT2D eigenvalue weighted by Gasteiger charge is -2.36. The van der Waals surface area contributed by atoms with Crippen molar-refractivity contribution in [1.29, 1.82) is 0 Å². The molecular formula is C32H34N6. The molecule has 0 fully saturated rings. The second kappa shape index (κ2) is 10.9. The number of rotatable bonds is 9. The highest BCUT2D eigenvalue weighted by atomic mass is 15.2. The number of nitrogens with zero attached hydrogens (tertiary/aromatic N) is 4. The van der Waals surface area contributed by atoms with Crippen LogP contribution in [0.3, 0.4) is 0 Å². The monoisotopic (exact) mass is 502 g/mol. The summed E-state index contributed by atoms with van der Waals surface area (Å²) in [4.78, 5) is 20.0. The molecule has 192 valence electrons. The van der Waals surface area contributed by atoms with Crippen molar-refractivity contribution >= 4 is 11.0 Å². The predicted octanol–water partition coefficient (Wildman–Crippen LogP) is 5.90. The minimum atomic E-state index is -0.0837. The minimum absolute atomic E-state index is 0.0837. The average Bonchev–Trinajstić information content (AvgIpc) is 3.36. The highest BCUT2D eigenvalue weighted by Gasteiger charge is 2.32. The SMILES string of the molecule is CC1(NCc2ccc(CN(Cc3ccccn3)Cc3nc4ccccc4[nH]3)cc2)CCCc2cccnc21. The van der Waals surface area contributed by atoms with E-state index in [1.165, 1.54) is 28.8 Å². The van der Waals surface area contributed by atoms with E-state index in [0.717, 1.165) is 61.6 Å². The normalized spacial score (nSPS) is 17.1. The van der Waals surface area contributed by atoms with E-state index in [2.05, 4.69) is 75.6 Å². The molecule has 2 aromatic carbocycles. The first-order valence-corrected chi connectivity index (χ1v) is 13.5. The smallest absolute Gasteiger partial charge is 0.121 e. The molecule has 6 heteroatoms. The highest BCUT2D eigenvalue weighted by molar-refractivity contribution is 5.74. The van der Waals surface area contributed by atoms with Crippen molar-refractivity contribution in [3.05, 3.63) is 125 Å². The van der Waals surface area contributed by atoms with Gasteiger partial charge in [0.1, 0.15) is 5.82 Å². The number of nitrogens with one attached hydrogen (secondary N) is 2. The number of fused-ring (bicyclic) bond motifs is 2. The zero-order valence-corrected chi connectivity index (χ0v) is 21.9. The molecule has 1 unspecified atom stereocenters. The number of pyridine rings is 2. The topological polar surface area (TPSA) is 69.7 Å². The molecular weight excluding hydrogens is 468 g/mol. The molecule has 2 N–H and O–H groups in total. The van der Waals surface area contributed by atoms with Gasteiger partial charge in [-0.3, -0.25) is 14.9 Å². The van der Waals surface area contributed by atoms with Gasteiger partial charge in [-0.2, -0.15) is 0 Å². The fourth-order valence-corrected chi connectivity index (χ4v) is 5.56. The van der Waals surface area contributed by atoms with E-state index in [4.69, 9.17) is 9.97 Å². The fourth-order valence-electron chi connectivity index (χ4n) is 5.56. The average molecular weight is 503 g/mol. The number of benzene rings is 2. The zero-order chi connectivity index (χ0) is 25.8. The lowest BCUT2D eigenvalue weighted by molar-refractivity contribution is 0.239. The van der Waals surface area contributed by atoms with Crippen LogP contribution in [-0.2, 0) is 38.1 Å². The van der Waals surface area contributed by atoms with Gasteiger partial charge in [-0.1, -0.05) is 48.5 Å². The Morgan fingerprint density at radius 1 is 0.842 bits per heavy atom. The highest BCUT2D eigenvalue weighted by Crippen LogP contribution is 2.33. The van der Waals surface area contributed by atoms with Gasteiger partial charge in [0.05, 0.1) is 34.5 Å². The first-order valence-electron chi connectivity index (χ1n) is 13.5. The Morgan fingerprint density at radius 2 is 1.66 bits per heavy atom. The standard InChI is InChI=1S/C32H34N6/c1-32(17-6-8-26-9-7-19-34-31(26)32)35-20-24-13-15-25(16-14-24)21-38(22-27-10-4-5-18-33-27)23-30-36-28-11-2-3-12-29(28)37-30/h2-5,7,9-16,18-19,35H,6,8,17,20-23H2,1H3,(H,36,37). The summed E-state index contributed by atoms with van der Waals surface area (Å²) in [5, 5.41) is 3.82. The summed E-state index contributed by atoms with van der Waals surface area (Å²) in [6.07, 6.45) is 7.20. The molecule has 1 aliphatic carbocycles. The van der Waals surface area contributed by atoms with Gasteiger partial charge in [-0.25, -0.2) is 4.98 Å². The second-order valence-electron chi connectivity index (χ2n) is 10.5. The molecule has 6 nitrogen and oxygen atoms in total. The van der Waals surface area contributed by atoms with Gasteiger partial charge in [0, 0.05) is 32.0 Å². The van der Waals surface area contributed by atoms with Gasteiger partial charge in [0.25, 0.3) is 0 Å². The number of para-hydroxylation sites is 2. The third kappa shape index (κ3) is 5.52. The van der Waals surface area contributed by atoms with Gasteiger partial charge in [-0.15, -0.1) is 0 Å². The van der Waals surface area contributed by atoms with Crippen LogP contribution in [0.15, 0.2) is 91.3 Å². The lowest BCUT2D eigenvalue weighted by atomic mass is 9.81. The predicted molar refractivity (Wildman–Crippen MR) is 151 cm³/mol. The molecule has 0 spiro atoms. The van der Waals surface area contributed by atoms with Crippen molar-refractivity contribution in [2.24, 2.45) is 0 Å². The van der Waals surface area contributed by atoms with Gasteiger partial charge >= 0.3 is 0 Å². The van der Waals surface area contributed by atoms with Crippen molar-refractivity contribution < 1.29 is 0 Å². The van der Waals surface area contributed by atoms with Crippen molar-refractivity contribution in [3.8, 4) is 0 Å². The molecule has 3 aromatic heterocycles. The summed E-state index contributed by atoms with van der Waals surface area (Å²) in [6, 6.07) is 27.5. The number of imidazole rings is 1. The Kier molecular flexibility index (Phi) is 6.99. The van der Waals surface area contributed by atoms with Crippen molar-refractivity contribution in [1.82, 2.24) is 30.2 Å². The second-order valence-corrected chi connectivity index (χ2v) is 10.5. The van der Waals surface area contributed by atoms with Gasteiger partial charge in [0.2, 0.25) is 0 Å². The van der Waals surface area contributed by atoms with Gasteiger partial charge in [0.15, 0.2) is 0 Å².